The number of carbonyl (C=O) groups is 1. The fourth-order valence-electron chi connectivity index (χ4n) is 2.54. The number of hydrogen-bond donors (Lipinski definition) is 2. The van der Waals surface area contributed by atoms with Crippen LogP contribution in [0.15, 0.2) is 24.3 Å². The molecule has 5 heteroatoms. The minimum Gasteiger partial charge on any atom is -0.479 e. The second kappa shape index (κ2) is 7.65. The van der Waals surface area contributed by atoms with Crippen molar-refractivity contribution in [3.63, 3.8) is 0 Å². The van der Waals surface area contributed by atoms with Gasteiger partial charge < -0.3 is 15.2 Å². The molecule has 0 aliphatic heterocycles. The minimum absolute atomic E-state index is 0.0133. The lowest BCUT2D eigenvalue weighted by atomic mass is 9.92. The topological polar surface area (TPSA) is 82.3 Å². The summed E-state index contributed by atoms with van der Waals surface area (Å²) in [5.74, 6) is 0.537. The molecule has 112 valence electrons. The van der Waals surface area contributed by atoms with Gasteiger partial charge in [0.05, 0.1) is 18.6 Å². The lowest BCUT2D eigenvalue weighted by molar-refractivity contribution is -0.122. The Morgan fingerprint density at radius 1 is 1.33 bits per heavy atom. The summed E-state index contributed by atoms with van der Waals surface area (Å²) < 4.78 is 5.16. The van der Waals surface area contributed by atoms with Crippen molar-refractivity contribution in [3.05, 3.63) is 29.8 Å². The molecule has 21 heavy (non-hydrogen) atoms. The van der Waals surface area contributed by atoms with E-state index in [0.717, 1.165) is 31.2 Å². The molecule has 5 nitrogen and oxygen atoms in total. The number of carbonyl (C=O) groups excluding carboxylic acids is 1. The van der Waals surface area contributed by atoms with Crippen molar-refractivity contribution < 1.29 is 14.6 Å². The number of hydrogen-bond acceptors (Lipinski definition) is 4. The van der Waals surface area contributed by atoms with Crippen molar-refractivity contribution in [2.24, 2.45) is 0 Å². The molecule has 0 heterocycles. The second-order valence-corrected chi connectivity index (χ2v) is 5.29. The van der Waals surface area contributed by atoms with Crippen LogP contribution in [0.5, 0.6) is 5.75 Å². The van der Waals surface area contributed by atoms with Crippen molar-refractivity contribution in [3.8, 4) is 11.8 Å². The molecular formula is C16H20N2O3. The standard InChI is InChI=1S/C16H20N2O3/c17-9-10-21-13-7-5-12(6-8-13)11-16(20)18-14-3-1-2-4-15(14)19/h5-8,14-15,19H,1-4,10-11H2,(H,18,20). The summed E-state index contributed by atoms with van der Waals surface area (Å²) >= 11 is 0. The molecule has 1 aromatic rings. The third-order valence-corrected chi connectivity index (χ3v) is 3.67. The third-order valence-electron chi connectivity index (χ3n) is 3.67. The molecule has 1 aromatic carbocycles. The van der Waals surface area contributed by atoms with Gasteiger partial charge in [0.2, 0.25) is 5.91 Å². The summed E-state index contributed by atoms with van der Waals surface area (Å²) in [6.07, 6.45) is 3.53. The Kier molecular flexibility index (Phi) is 5.59. The van der Waals surface area contributed by atoms with Gasteiger partial charge >= 0.3 is 0 Å². The molecule has 2 unspecified atom stereocenters. The molecule has 0 aromatic heterocycles. The Morgan fingerprint density at radius 2 is 2.05 bits per heavy atom. The van der Waals surface area contributed by atoms with Crippen LogP contribution in [-0.2, 0) is 11.2 Å². The van der Waals surface area contributed by atoms with Crippen molar-refractivity contribution in [2.75, 3.05) is 6.61 Å². The first-order valence-corrected chi connectivity index (χ1v) is 7.25. The van der Waals surface area contributed by atoms with E-state index in [1.807, 2.05) is 18.2 Å². The highest BCUT2D eigenvalue weighted by atomic mass is 16.5. The first-order chi connectivity index (χ1) is 10.2. The van der Waals surface area contributed by atoms with Gasteiger partial charge in [-0.05, 0) is 30.5 Å². The van der Waals surface area contributed by atoms with Crippen LogP contribution in [0.1, 0.15) is 31.2 Å². The van der Waals surface area contributed by atoms with Crippen LogP contribution in [0.4, 0.5) is 0 Å². The molecule has 1 aliphatic rings. The largest absolute Gasteiger partial charge is 0.479 e. The lowest BCUT2D eigenvalue weighted by Gasteiger charge is -2.28. The highest BCUT2D eigenvalue weighted by Gasteiger charge is 2.24. The summed E-state index contributed by atoms with van der Waals surface area (Å²) in [5.41, 5.74) is 0.877. The van der Waals surface area contributed by atoms with E-state index in [2.05, 4.69) is 5.32 Å². The number of benzene rings is 1. The van der Waals surface area contributed by atoms with Crippen LogP contribution >= 0.6 is 0 Å². The van der Waals surface area contributed by atoms with E-state index in [4.69, 9.17) is 10.00 Å². The van der Waals surface area contributed by atoms with Crippen LogP contribution < -0.4 is 10.1 Å². The molecule has 1 amide bonds. The Labute approximate surface area is 124 Å². The number of nitrogens with one attached hydrogen (secondary N) is 1. The zero-order valence-corrected chi connectivity index (χ0v) is 11.9. The van der Waals surface area contributed by atoms with Crippen molar-refractivity contribution in [1.82, 2.24) is 5.32 Å². The van der Waals surface area contributed by atoms with Gasteiger partial charge in [0.15, 0.2) is 6.61 Å². The smallest absolute Gasteiger partial charge is 0.224 e. The molecule has 1 fully saturated rings. The van der Waals surface area contributed by atoms with E-state index in [0.29, 0.717) is 5.75 Å². The van der Waals surface area contributed by atoms with E-state index >= 15 is 0 Å². The molecule has 1 aliphatic carbocycles. The average molecular weight is 288 g/mol. The van der Waals surface area contributed by atoms with Gasteiger partial charge in [-0.2, -0.15) is 5.26 Å². The molecular weight excluding hydrogens is 268 g/mol. The Balaban J connectivity index is 1.83. The molecule has 2 N–H and O–H groups in total. The first kappa shape index (κ1) is 15.3. The first-order valence-electron chi connectivity index (χ1n) is 7.25. The number of rotatable bonds is 5. The van der Waals surface area contributed by atoms with Crippen molar-refractivity contribution in [2.45, 2.75) is 44.2 Å². The van der Waals surface area contributed by atoms with E-state index < -0.39 is 6.10 Å². The molecule has 2 rings (SSSR count). The summed E-state index contributed by atoms with van der Waals surface area (Å²) in [7, 11) is 0. The van der Waals surface area contributed by atoms with Gasteiger partial charge in [0.1, 0.15) is 11.8 Å². The van der Waals surface area contributed by atoms with E-state index in [1.54, 1.807) is 12.1 Å². The maximum Gasteiger partial charge on any atom is 0.224 e. The van der Waals surface area contributed by atoms with Crippen LogP contribution in [0.2, 0.25) is 0 Å². The zero-order valence-electron chi connectivity index (χ0n) is 11.9. The zero-order chi connectivity index (χ0) is 15.1. The van der Waals surface area contributed by atoms with Crippen LogP contribution in [0.3, 0.4) is 0 Å². The second-order valence-electron chi connectivity index (χ2n) is 5.29. The minimum atomic E-state index is -0.426. The van der Waals surface area contributed by atoms with Crippen molar-refractivity contribution in [1.29, 1.82) is 5.26 Å². The van der Waals surface area contributed by atoms with E-state index in [9.17, 15) is 9.90 Å². The van der Waals surface area contributed by atoms with E-state index in [-0.39, 0.29) is 25.0 Å². The molecule has 0 spiro atoms. The fraction of sp³-hybridized carbons (Fsp3) is 0.500. The average Bonchev–Trinajstić information content (AvgIpc) is 2.49. The number of ether oxygens (including phenoxy) is 1. The monoisotopic (exact) mass is 288 g/mol. The number of nitriles is 1. The molecule has 0 bridgehead atoms. The van der Waals surface area contributed by atoms with Crippen LogP contribution in [0.25, 0.3) is 0 Å². The summed E-state index contributed by atoms with van der Waals surface area (Å²) in [5, 5.41) is 21.2. The Hall–Kier alpha value is -2.06. The van der Waals surface area contributed by atoms with Gasteiger partial charge in [-0.1, -0.05) is 25.0 Å². The lowest BCUT2D eigenvalue weighted by Crippen LogP contribution is -2.45. The summed E-state index contributed by atoms with van der Waals surface area (Å²) in [6.45, 7) is 0.0133. The van der Waals surface area contributed by atoms with Gasteiger partial charge in [-0.15, -0.1) is 0 Å². The number of aliphatic hydroxyl groups is 1. The highest BCUT2D eigenvalue weighted by molar-refractivity contribution is 5.79. The quantitative estimate of drug-likeness (QED) is 0.861. The normalized spacial score (nSPS) is 21.3. The van der Waals surface area contributed by atoms with Gasteiger partial charge in [-0.25, -0.2) is 0 Å². The predicted molar refractivity (Wildman–Crippen MR) is 77.7 cm³/mol. The fourth-order valence-corrected chi connectivity index (χ4v) is 2.54. The SMILES string of the molecule is N#CCOc1ccc(CC(=O)NC2CCCCC2O)cc1. The van der Waals surface area contributed by atoms with E-state index in [1.165, 1.54) is 0 Å². The molecule has 0 radical (unpaired) electrons. The number of nitrogens with zero attached hydrogens (tertiary/aromatic N) is 1. The van der Waals surface area contributed by atoms with Gasteiger partial charge in [-0.3, -0.25) is 4.79 Å². The Bertz CT molecular complexity index is 507. The molecule has 1 saturated carbocycles. The maximum absolute atomic E-state index is 12.0. The number of aliphatic hydroxyl groups excluding tert-OH is 1. The number of amides is 1. The summed E-state index contributed by atoms with van der Waals surface area (Å²) in [4.78, 5) is 12.0. The Morgan fingerprint density at radius 3 is 2.71 bits per heavy atom. The molecule has 0 saturated heterocycles. The summed E-state index contributed by atoms with van der Waals surface area (Å²) in [6, 6.07) is 8.89. The molecule has 2 atom stereocenters. The highest BCUT2D eigenvalue weighted by Crippen LogP contribution is 2.18. The third kappa shape index (κ3) is 4.76. The van der Waals surface area contributed by atoms with Gasteiger partial charge in [0, 0.05) is 0 Å². The van der Waals surface area contributed by atoms with Crippen LogP contribution in [-0.4, -0.2) is 29.8 Å². The van der Waals surface area contributed by atoms with Gasteiger partial charge in [0.25, 0.3) is 0 Å². The van der Waals surface area contributed by atoms with Crippen molar-refractivity contribution >= 4 is 5.91 Å². The maximum atomic E-state index is 12.0. The van der Waals surface area contributed by atoms with Crippen LogP contribution in [0, 0.1) is 11.3 Å². The predicted octanol–water partition coefficient (Wildman–Crippen LogP) is 1.55.